The van der Waals surface area contributed by atoms with Crippen LogP contribution in [0.5, 0.6) is 0 Å². The van der Waals surface area contributed by atoms with Crippen molar-refractivity contribution in [2.45, 2.75) is 19.1 Å². The van der Waals surface area contributed by atoms with E-state index in [-0.39, 0.29) is 20.8 Å². The molecule has 0 bridgehead atoms. The fraction of sp³-hybridized carbons (Fsp3) is 0.136. The third-order valence-corrected chi connectivity index (χ3v) is 5.56. The standard InChI is InChI=1S/C22H17Cl3N2O3/c1-13(30-22(29)20-18(25)17(24)16(23)12-26-20)21(28)27-19(14-8-4-2-5-9-14)15-10-6-3-7-11-15/h2-13,19H,1H3,(H,27,28). The number of esters is 1. The topological polar surface area (TPSA) is 68.3 Å². The van der Waals surface area contributed by atoms with Crippen LogP contribution in [0.3, 0.4) is 0 Å². The number of benzene rings is 2. The van der Waals surface area contributed by atoms with Crippen molar-refractivity contribution in [3.63, 3.8) is 0 Å². The summed E-state index contributed by atoms with van der Waals surface area (Å²) in [4.78, 5) is 29.1. The maximum Gasteiger partial charge on any atom is 0.359 e. The van der Waals surface area contributed by atoms with Crippen molar-refractivity contribution < 1.29 is 14.3 Å². The third kappa shape index (κ3) is 5.11. The molecule has 1 unspecified atom stereocenters. The van der Waals surface area contributed by atoms with E-state index in [0.717, 1.165) is 11.1 Å². The quantitative estimate of drug-likeness (QED) is 0.491. The Balaban J connectivity index is 1.76. The molecule has 1 atom stereocenters. The van der Waals surface area contributed by atoms with E-state index in [9.17, 15) is 9.59 Å². The minimum absolute atomic E-state index is 0.00870. The second-order valence-corrected chi connectivity index (χ2v) is 7.56. The molecule has 154 valence electrons. The minimum Gasteiger partial charge on any atom is -0.448 e. The van der Waals surface area contributed by atoms with E-state index >= 15 is 0 Å². The lowest BCUT2D eigenvalue weighted by Crippen LogP contribution is -2.38. The van der Waals surface area contributed by atoms with Gasteiger partial charge in [0.1, 0.15) is 0 Å². The zero-order chi connectivity index (χ0) is 21.7. The van der Waals surface area contributed by atoms with E-state index in [0.29, 0.717) is 0 Å². The van der Waals surface area contributed by atoms with E-state index in [1.54, 1.807) is 0 Å². The monoisotopic (exact) mass is 462 g/mol. The second kappa shape index (κ2) is 9.94. The Kier molecular flexibility index (Phi) is 7.32. The number of aromatic nitrogens is 1. The number of halogens is 3. The molecule has 3 aromatic rings. The van der Waals surface area contributed by atoms with Gasteiger partial charge in [0.15, 0.2) is 11.8 Å². The molecule has 0 saturated carbocycles. The lowest BCUT2D eigenvalue weighted by Gasteiger charge is -2.22. The van der Waals surface area contributed by atoms with Crippen LogP contribution in [0.1, 0.15) is 34.6 Å². The molecule has 0 aliphatic rings. The van der Waals surface area contributed by atoms with Crippen molar-refractivity contribution in [3.05, 3.63) is 98.7 Å². The van der Waals surface area contributed by atoms with Crippen LogP contribution in [0.4, 0.5) is 0 Å². The highest BCUT2D eigenvalue weighted by Crippen LogP contribution is 2.31. The number of nitrogens with one attached hydrogen (secondary N) is 1. The van der Waals surface area contributed by atoms with Crippen molar-refractivity contribution in [1.29, 1.82) is 0 Å². The molecule has 0 spiro atoms. The molecule has 1 amide bonds. The van der Waals surface area contributed by atoms with Gasteiger partial charge in [-0.15, -0.1) is 0 Å². The summed E-state index contributed by atoms with van der Waals surface area (Å²) < 4.78 is 5.25. The van der Waals surface area contributed by atoms with Crippen molar-refractivity contribution in [2.75, 3.05) is 0 Å². The number of pyridine rings is 1. The minimum atomic E-state index is -1.10. The summed E-state index contributed by atoms with van der Waals surface area (Å²) in [5, 5.41) is 2.89. The lowest BCUT2D eigenvalue weighted by molar-refractivity contribution is -0.129. The third-order valence-electron chi connectivity index (χ3n) is 4.32. The summed E-state index contributed by atoms with van der Waals surface area (Å²) in [7, 11) is 0. The van der Waals surface area contributed by atoms with Crippen LogP contribution in [-0.2, 0) is 9.53 Å². The predicted octanol–water partition coefficient (Wildman–Crippen LogP) is 5.49. The fourth-order valence-corrected chi connectivity index (χ4v) is 3.32. The Morgan fingerprint density at radius 2 is 1.43 bits per heavy atom. The Morgan fingerprint density at radius 3 is 1.97 bits per heavy atom. The van der Waals surface area contributed by atoms with Gasteiger partial charge >= 0.3 is 5.97 Å². The Morgan fingerprint density at radius 1 is 0.900 bits per heavy atom. The number of amides is 1. The highest BCUT2D eigenvalue weighted by Gasteiger charge is 2.26. The van der Waals surface area contributed by atoms with Gasteiger partial charge in [-0.3, -0.25) is 4.79 Å². The van der Waals surface area contributed by atoms with Crippen molar-refractivity contribution >= 4 is 46.7 Å². The van der Waals surface area contributed by atoms with E-state index in [4.69, 9.17) is 39.5 Å². The predicted molar refractivity (Wildman–Crippen MR) is 117 cm³/mol. The molecule has 0 aliphatic carbocycles. The van der Waals surface area contributed by atoms with Gasteiger partial charge in [-0.2, -0.15) is 0 Å². The molecule has 1 N–H and O–H groups in total. The van der Waals surface area contributed by atoms with Crippen LogP contribution in [0.15, 0.2) is 66.9 Å². The summed E-state index contributed by atoms with van der Waals surface area (Å²) in [5.41, 5.74) is 1.57. The number of nitrogens with zero attached hydrogens (tertiary/aromatic N) is 1. The smallest absolute Gasteiger partial charge is 0.359 e. The first-order valence-corrected chi connectivity index (χ1v) is 10.1. The van der Waals surface area contributed by atoms with Gasteiger partial charge in [-0.25, -0.2) is 9.78 Å². The Bertz CT molecular complexity index is 1010. The molecule has 2 aromatic carbocycles. The van der Waals surface area contributed by atoms with Crippen LogP contribution >= 0.6 is 34.8 Å². The normalized spacial score (nSPS) is 11.8. The summed E-state index contributed by atoms with van der Waals surface area (Å²) in [6.45, 7) is 1.46. The Hall–Kier alpha value is -2.60. The van der Waals surface area contributed by atoms with Gasteiger partial charge in [0.05, 0.1) is 21.1 Å². The first-order chi connectivity index (χ1) is 14.4. The number of carbonyl (C=O) groups excluding carboxylic acids is 2. The number of rotatable bonds is 6. The number of hydrogen-bond acceptors (Lipinski definition) is 4. The molecule has 1 aromatic heterocycles. The summed E-state index contributed by atoms with van der Waals surface area (Å²) in [6, 6.07) is 18.6. The molecule has 8 heteroatoms. The van der Waals surface area contributed by atoms with Gasteiger partial charge in [-0.1, -0.05) is 95.5 Å². The van der Waals surface area contributed by atoms with Crippen LogP contribution < -0.4 is 5.32 Å². The summed E-state index contributed by atoms with van der Waals surface area (Å²) in [5.74, 6) is -1.35. The van der Waals surface area contributed by atoms with Crippen molar-refractivity contribution in [1.82, 2.24) is 10.3 Å². The molecular weight excluding hydrogens is 447 g/mol. The zero-order valence-electron chi connectivity index (χ0n) is 15.8. The van der Waals surface area contributed by atoms with Gasteiger partial charge in [0.25, 0.3) is 5.91 Å². The van der Waals surface area contributed by atoms with Gasteiger partial charge in [0, 0.05) is 6.20 Å². The van der Waals surface area contributed by atoms with Crippen LogP contribution in [0, 0.1) is 0 Å². The SMILES string of the molecule is CC(OC(=O)c1ncc(Cl)c(Cl)c1Cl)C(=O)NC(c1ccccc1)c1ccccc1. The molecule has 0 saturated heterocycles. The first-order valence-electron chi connectivity index (χ1n) is 8.99. The highest BCUT2D eigenvalue weighted by atomic mass is 35.5. The van der Waals surface area contributed by atoms with E-state index in [1.165, 1.54) is 13.1 Å². The summed E-state index contributed by atoms with van der Waals surface area (Å²) in [6.07, 6.45) is 0.0949. The van der Waals surface area contributed by atoms with Crippen LogP contribution in [0.2, 0.25) is 15.1 Å². The zero-order valence-corrected chi connectivity index (χ0v) is 18.1. The maximum atomic E-state index is 12.8. The summed E-state index contributed by atoms with van der Waals surface area (Å²) >= 11 is 17.8. The molecule has 5 nitrogen and oxygen atoms in total. The molecule has 30 heavy (non-hydrogen) atoms. The highest BCUT2D eigenvalue weighted by molar-refractivity contribution is 6.48. The van der Waals surface area contributed by atoms with E-state index in [1.807, 2.05) is 60.7 Å². The number of ether oxygens (including phenoxy) is 1. The van der Waals surface area contributed by atoms with Crippen molar-refractivity contribution in [3.8, 4) is 0 Å². The average Bonchev–Trinajstić information content (AvgIpc) is 2.76. The molecular formula is C22H17Cl3N2O3. The van der Waals surface area contributed by atoms with Gasteiger partial charge < -0.3 is 10.1 Å². The lowest BCUT2D eigenvalue weighted by atomic mass is 9.98. The molecule has 1 heterocycles. The molecule has 0 aliphatic heterocycles. The number of carbonyl (C=O) groups is 2. The largest absolute Gasteiger partial charge is 0.448 e. The first kappa shape index (κ1) is 22.1. The van der Waals surface area contributed by atoms with Crippen molar-refractivity contribution in [2.24, 2.45) is 0 Å². The van der Waals surface area contributed by atoms with E-state index < -0.39 is 24.0 Å². The van der Waals surface area contributed by atoms with E-state index in [2.05, 4.69) is 10.3 Å². The van der Waals surface area contributed by atoms with Crippen LogP contribution in [-0.4, -0.2) is 23.0 Å². The Labute approximate surface area is 188 Å². The number of hydrogen-bond donors (Lipinski definition) is 1. The van der Waals surface area contributed by atoms with Gasteiger partial charge in [0.2, 0.25) is 0 Å². The second-order valence-electron chi connectivity index (χ2n) is 6.39. The van der Waals surface area contributed by atoms with Gasteiger partial charge in [-0.05, 0) is 18.1 Å². The average molecular weight is 464 g/mol. The molecule has 3 rings (SSSR count). The van der Waals surface area contributed by atoms with Crippen LogP contribution in [0.25, 0.3) is 0 Å². The molecule has 0 radical (unpaired) electrons. The fourth-order valence-electron chi connectivity index (χ4n) is 2.77. The maximum absolute atomic E-state index is 12.8. The molecule has 0 fully saturated rings.